The molecule has 9 N–H and O–H groups in total. The van der Waals surface area contributed by atoms with Gasteiger partial charge in [-0.15, -0.1) is 0 Å². The van der Waals surface area contributed by atoms with Crippen LogP contribution >= 0.6 is 0 Å². The van der Waals surface area contributed by atoms with Crippen LogP contribution in [0.2, 0.25) is 0 Å². The molecule has 0 rings (SSSR count). The molecular weight excluding hydrogens is 446 g/mol. The van der Waals surface area contributed by atoms with E-state index in [1.165, 1.54) is 58.4 Å². The molecule has 36 heavy (non-hydrogen) atoms. The average Bonchev–Trinajstić information content (AvgIpc) is 2.80. The van der Waals surface area contributed by atoms with Gasteiger partial charge in [-0.25, -0.2) is 0 Å². The normalized spacial score (nSPS) is 10.4. The lowest BCUT2D eigenvalue weighted by atomic mass is 9.84. The molecule has 0 heterocycles. The Morgan fingerprint density at radius 3 is 1.17 bits per heavy atom. The SMILES string of the molecule is CC.CCCC.CCCCCC.CCCCN.CCN.CN.CONC(C)(C)CC(N)CC(C)(C)C. The predicted molar refractivity (Wildman–Crippen MR) is 171 cm³/mol. The summed E-state index contributed by atoms with van der Waals surface area (Å²) in [7, 11) is 3.14. The van der Waals surface area contributed by atoms with E-state index in [-0.39, 0.29) is 11.6 Å². The van der Waals surface area contributed by atoms with Gasteiger partial charge in [0.2, 0.25) is 0 Å². The van der Waals surface area contributed by atoms with E-state index in [1.807, 2.05) is 20.8 Å². The van der Waals surface area contributed by atoms with Crippen molar-refractivity contribution in [2.45, 2.75) is 166 Å². The second kappa shape index (κ2) is 47.9. The number of nitrogens with one attached hydrogen (secondary N) is 1. The Bertz CT molecular complexity index is 288. The first-order chi connectivity index (χ1) is 16.8. The van der Waals surface area contributed by atoms with Crippen LogP contribution in [0.5, 0.6) is 0 Å². The van der Waals surface area contributed by atoms with Gasteiger partial charge < -0.3 is 27.8 Å². The van der Waals surface area contributed by atoms with Crippen molar-refractivity contribution in [3.8, 4) is 0 Å². The Morgan fingerprint density at radius 1 is 0.667 bits per heavy atom. The molecule has 0 aliphatic carbocycles. The van der Waals surface area contributed by atoms with Crippen LogP contribution in [0.4, 0.5) is 0 Å². The molecule has 0 fully saturated rings. The molecule has 1 unspecified atom stereocenters. The van der Waals surface area contributed by atoms with Crippen molar-refractivity contribution in [2.75, 3.05) is 27.2 Å². The molecule has 0 aromatic carbocycles. The summed E-state index contributed by atoms with van der Waals surface area (Å²) in [6, 6.07) is 0.215. The molecule has 0 aliphatic rings. The van der Waals surface area contributed by atoms with Crippen molar-refractivity contribution in [1.82, 2.24) is 5.48 Å². The smallest absolute Gasteiger partial charge is 0.0572 e. The molecule has 0 aromatic rings. The lowest BCUT2D eigenvalue weighted by Crippen LogP contribution is -2.44. The fraction of sp³-hybridized carbons (Fsp3) is 1.00. The summed E-state index contributed by atoms with van der Waals surface area (Å²) < 4.78 is 0. The standard InChI is InChI=1S/C11H26N2O.C6H14.C4H11N.C4H10.C2H7N.C2H6.CH5N/c1-10(2,3)7-9(12)8-11(4,5)13-14-6;1-3-5-6-4-2;1-2-3-4-5;1-3-4-2;1-2-3;2*1-2/h9,13H,7-8,12H2,1-6H3;3-6H2,1-2H3;2-5H2,1H3;3-4H2,1-2H3;2-3H2,1H3;1-2H3;2H2,1H3. The Balaban J connectivity index is -0.0000000638. The molecule has 0 aromatic heterocycles. The van der Waals surface area contributed by atoms with Gasteiger partial charge in [-0.3, -0.25) is 0 Å². The van der Waals surface area contributed by atoms with Gasteiger partial charge in [0.1, 0.15) is 0 Å². The summed E-state index contributed by atoms with van der Waals surface area (Å²) in [5, 5.41) is 0. The number of hydroxylamine groups is 1. The quantitative estimate of drug-likeness (QED) is 0.138. The first-order valence-electron chi connectivity index (χ1n) is 14.9. The highest BCUT2D eigenvalue weighted by molar-refractivity contribution is 4.82. The maximum Gasteiger partial charge on any atom is 0.0572 e. The maximum absolute atomic E-state index is 6.08. The first-order valence-corrected chi connectivity index (χ1v) is 14.9. The van der Waals surface area contributed by atoms with Crippen LogP contribution < -0.4 is 28.4 Å². The van der Waals surface area contributed by atoms with E-state index >= 15 is 0 Å². The molecule has 1 atom stereocenters. The van der Waals surface area contributed by atoms with Gasteiger partial charge in [0.15, 0.2) is 0 Å². The zero-order valence-corrected chi connectivity index (χ0v) is 28.3. The van der Waals surface area contributed by atoms with Gasteiger partial charge >= 0.3 is 0 Å². The highest BCUT2D eigenvalue weighted by Crippen LogP contribution is 2.23. The molecule has 0 spiro atoms. The molecule has 230 valence electrons. The van der Waals surface area contributed by atoms with E-state index in [0.717, 1.165) is 25.9 Å². The van der Waals surface area contributed by atoms with E-state index < -0.39 is 0 Å². The minimum atomic E-state index is -0.0561. The Morgan fingerprint density at radius 2 is 1.00 bits per heavy atom. The molecule has 0 aliphatic heterocycles. The molecule has 6 heteroatoms. The topological polar surface area (TPSA) is 125 Å². The highest BCUT2D eigenvalue weighted by atomic mass is 16.6. The van der Waals surface area contributed by atoms with Crippen molar-refractivity contribution in [3.05, 3.63) is 0 Å². The van der Waals surface area contributed by atoms with Crippen LogP contribution in [0.3, 0.4) is 0 Å². The number of hydrogen-bond donors (Lipinski definition) is 5. The summed E-state index contributed by atoms with van der Waals surface area (Å²) >= 11 is 0. The molecule has 0 saturated carbocycles. The van der Waals surface area contributed by atoms with E-state index in [1.54, 1.807) is 7.11 Å². The fourth-order valence-corrected chi connectivity index (χ4v) is 2.54. The summed E-state index contributed by atoms with van der Waals surface area (Å²) in [6.07, 6.45) is 12.5. The second-order valence-electron chi connectivity index (χ2n) is 10.2. The van der Waals surface area contributed by atoms with Crippen molar-refractivity contribution < 1.29 is 4.84 Å². The van der Waals surface area contributed by atoms with Crippen molar-refractivity contribution in [3.63, 3.8) is 0 Å². The van der Waals surface area contributed by atoms with E-state index in [4.69, 9.17) is 22.0 Å². The van der Waals surface area contributed by atoms with Gasteiger partial charge in [0.25, 0.3) is 0 Å². The van der Waals surface area contributed by atoms with Crippen LogP contribution in [0.25, 0.3) is 0 Å². The number of rotatable bonds is 11. The third-order valence-electron chi connectivity index (χ3n) is 4.04. The highest BCUT2D eigenvalue weighted by Gasteiger charge is 2.24. The number of unbranched alkanes of at least 4 members (excludes halogenated alkanes) is 5. The van der Waals surface area contributed by atoms with Crippen LogP contribution in [-0.2, 0) is 4.84 Å². The average molecular weight is 526 g/mol. The van der Waals surface area contributed by atoms with E-state index in [2.05, 4.69) is 80.5 Å². The maximum atomic E-state index is 6.08. The molecule has 0 amide bonds. The van der Waals surface area contributed by atoms with Crippen LogP contribution in [0.15, 0.2) is 0 Å². The molecule has 0 saturated heterocycles. The zero-order valence-electron chi connectivity index (χ0n) is 28.3. The third kappa shape index (κ3) is 92.8. The van der Waals surface area contributed by atoms with Crippen LogP contribution in [0.1, 0.15) is 154 Å². The van der Waals surface area contributed by atoms with Gasteiger partial charge in [0.05, 0.1) is 7.11 Å². The fourth-order valence-electron chi connectivity index (χ4n) is 2.54. The van der Waals surface area contributed by atoms with Gasteiger partial charge in [0, 0.05) is 11.6 Å². The molecule has 6 nitrogen and oxygen atoms in total. The first kappa shape index (κ1) is 52.2. The van der Waals surface area contributed by atoms with Crippen molar-refractivity contribution >= 4 is 0 Å². The van der Waals surface area contributed by atoms with Gasteiger partial charge in [-0.05, 0) is 58.7 Å². The third-order valence-corrected chi connectivity index (χ3v) is 4.04. The number of nitrogens with two attached hydrogens (primary N) is 4. The van der Waals surface area contributed by atoms with Crippen molar-refractivity contribution in [2.24, 2.45) is 28.3 Å². The minimum absolute atomic E-state index is 0.0561. The Kier molecular flexibility index (Phi) is 69.5. The lowest BCUT2D eigenvalue weighted by molar-refractivity contribution is 0.0196. The monoisotopic (exact) mass is 526 g/mol. The molecule has 0 radical (unpaired) electrons. The number of hydrogen-bond acceptors (Lipinski definition) is 6. The Hall–Kier alpha value is -0.240. The van der Waals surface area contributed by atoms with Crippen LogP contribution in [0, 0.1) is 5.41 Å². The van der Waals surface area contributed by atoms with Crippen LogP contribution in [-0.4, -0.2) is 38.8 Å². The van der Waals surface area contributed by atoms with Gasteiger partial charge in [-0.2, -0.15) is 5.48 Å². The zero-order chi connectivity index (χ0) is 30.5. The second-order valence-corrected chi connectivity index (χ2v) is 10.2. The molecular formula is C30H79N5O. The summed E-state index contributed by atoms with van der Waals surface area (Å²) in [4.78, 5) is 4.93. The largest absolute Gasteiger partial charge is 0.333 e. The summed E-state index contributed by atoms with van der Waals surface area (Å²) in [5.74, 6) is 0. The Labute approximate surface area is 231 Å². The van der Waals surface area contributed by atoms with Crippen molar-refractivity contribution in [1.29, 1.82) is 0 Å². The van der Waals surface area contributed by atoms with E-state index in [9.17, 15) is 0 Å². The molecule has 0 bridgehead atoms. The van der Waals surface area contributed by atoms with Gasteiger partial charge in [-0.1, -0.05) is 121 Å². The lowest BCUT2D eigenvalue weighted by Gasteiger charge is -2.31. The summed E-state index contributed by atoms with van der Waals surface area (Å²) in [5.41, 5.74) is 23.8. The summed E-state index contributed by atoms with van der Waals surface area (Å²) in [6.45, 7) is 29.3. The van der Waals surface area contributed by atoms with E-state index in [0.29, 0.717) is 5.41 Å². The minimum Gasteiger partial charge on any atom is -0.333 e. The predicted octanol–water partition coefficient (Wildman–Crippen LogP) is 7.77.